The van der Waals surface area contributed by atoms with Crippen LogP contribution in [0.3, 0.4) is 0 Å². The van der Waals surface area contributed by atoms with Crippen molar-refractivity contribution in [2.24, 2.45) is 0 Å². The van der Waals surface area contributed by atoms with E-state index in [0.717, 1.165) is 19.6 Å². The molecule has 0 bridgehead atoms. The van der Waals surface area contributed by atoms with Gasteiger partial charge in [0.05, 0.1) is 11.8 Å². The molecule has 1 amide bonds. The third-order valence-electron chi connectivity index (χ3n) is 2.51. The number of piperazine rings is 1. The smallest absolute Gasteiger partial charge is 0.257 e. The molecule has 5 nitrogen and oxygen atoms in total. The quantitative estimate of drug-likeness (QED) is 0.653. The second-order valence-electron chi connectivity index (χ2n) is 3.54. The summed E-state index contributed by atoms with van der Waals surface area (Å²) in [6.45, 7) is 4.55. The summed E-state index contributed by atoms with van der Waals surface area (Å²) in [7, 11) is 0. The Balaban J connectivity index is 2.10. The summed E-state index contributed by atoms with van der Waals surface area (Å²) in [6, 6.07) is 0.256. The topological polar surface area (TPSA) is 61.0 Å². The fourth-order valence-electron chi connectivity index (χ4n) is 1.68. The van der Waals surface area contributed by atoms with Crippen molar-refractivity contribution in [1.82, 2.24) is 20.4 Å². The van der Waals surface area contributed by atoms with Gasteiger partial charge < -0.3 is 10.2 Å². The molecule has 5 heteroatoms. The molecular weight excluding hydrogens is 180 g/mol. The maximum atomic E-state index is 11.9. The summed E-state index contributed by atoms with van der Waals surface area (Å²) in [5.74, 6) is 0.0627. The van der Waals surface area contributed by atoms with Crippen LogP contribution in [0.1, 0.15) is 17.3 Å². The Morgan fingerprint density at radius 3 is 3.21 bits per heavy atom. The number of amides is 1. The predicted molar refractivity (Wildman–Crippen MR) is 52.0 cm³/mol. The van der Waals surface area contributed by atoms with Crippen LogP contribution >= 0.6 is 0 Å². The number of carbonyl (C=O) groups is 1. The normalized spacial score (nSPS) is 22.4. The number of carbonyl (C=O) groups excluding carboxylic acids is 1. The number of H-pyrrole nitrogens is 1. The van der Waals surface area contributed by atoms with E-state index >= 15 is 0 Å². The molecular formula is C9H14N4O. The first-order valence-corrected chi connectivity index (χ1v) is 4.79. The lowest BCUT2D eigenvalue weighted by Gasteiger charge is -2.33. The maximum absolute atomic E-state index is 11.9. The fraction of sp³-hybridized carbons (Fsp3) is 0.556. The first kappa shape index (κ1) is 9.21. The molecule has 2 rings (SSSR count). The first-order valence-electron chi connectivity index (χ1n) is 4.79. The lowest BCUT2D eigenvalue weighted by Crippen LogP contribution is -2.52. The van der Waals surface area contributed by atoms with Crippen LogP contribution in [-0.2, 0) is 0 Å². The average Bonchev–Trinajstić information content (AvgIpc) is 2.70. The number of aromatic nitrogens is 2. The monoisotopic (exact) mass is 194 g/mol. The zero-order valence-corrected chi connectivity index (χ0v) is 8.16. The lowest BCUT2D eigenvalue weighted by molar-refractivity contribution is 0.0656. The van der Waals surface area contributed by atoms with Gasteiger partial charge in [-0.25, -0.2) is 0 Å². The Bertz CT molecular complexity index is 309. The fourth-order valence-corrected chi connectivity index (χ4v) is 1.68. The van der Waals surface area contributed by atoms with Crippen molar-refractivity contribution in [2.75, 3.05) is 19.6 Å². The maximum Gasteiger partial charge on any atom is 0.257 e. The van der Waals surface area contributed by atoms with E-state index in [4.69, 9.17) is 0 Å². The molecule has 1 aliphatic rings. The largest absolute Gasteiger partial charge is 0.333 e. The number of hydrogen-bond acceptors (Lipinski definition) is 3. The average molecular weight is 194 g/mol. The zero-order valence-electron chi connectivity index (χ0n) is 8.16. The van der Waals surface area contributed by atoms with Crippen LogP contribution in [0, 0.1) is 0 Å². The van der Waals surface area contributed by atoms with Gasteiger partial charge in [-0.1, -0.05) is 0 Å². The van der Waals surface area contributed by atoms with E-state index in [-0.39, 0.29) is 11.9 Å². The van der Waals surface area contributed by atoms with Crippen molar-refractivity contribution in [1.29, 1.82) is 0 Å². The third-order valence-corrected chi connectivity index (χ3v) is 2.51. The second kappa shape index (κ2) is 3.79. The summed E-state index contributed by atoms with van der Waals surface area (Å²) in [6.07, 6.45) is 3.20. The van der Waals surface area contributed by atoms with Crippen LogP contribution in [0.25, 0.3) is 0 Å². The summed E-state index contributed by atoms with van der Waals surface area (Å²) >= 11 is 0. The second-order valence-corrected chi connectivity index (χ2v) is 3.54. The number of nitrogens with one attached hydrogen (secondary N) is 2. The molecule has 2 heterocycles. The molecule has 1 aromatic heterocycles. The van der Waals surface area contributed by atoms with Crippen LogP contribution in [0.4, 0.5) is 0 Å². The van der Waals surface area contributed by atoms with Crippen molar-refractivity contribution < 1.29 is 4.79 Å². The Morgan fingerprint density at radius 2 is 2.57 bits per heavy atom. The molecule has 0 radical (unpaired) electrons. The highest BCUT2D eigenvalue weighted by Crippen LogP contribution is 2.08. The SMILES string of the molecule is C[C@H]1CNCCN1C(=O)c1cn[nH]c1. The Kier molecular flexibility index (Phi) is 2.49. The number of hydrogen-bond donors (Lipinski definition) is 2. The standard InChI is InChI=1S/C9H14N4O/c1-7-4-10-2-3-13(7)9(14)8-5-11-12-6-8/h5-7,10H,2-4H2,1H3,(H,11,12)/t7-/m0/s1. The van der Waals surface area contributed by atoms with Crippen molar-refractivity contribution in [3.05, 3.63) is 18.0 Å². The molecule has 0 unspecified atom stereocenters. The molecule has 2 N–H and O–H groups in total. The summed E-state index contributed by atoms with van der Waals surface area (Å²) in [5.41, 5.74) is 0.638. The number of rotatable bonds is 1. The van der Waals surface area contributed by atoms with Crippen molar-refractivity contribution in [2.45, 2.75) is 13.0 Å². The van der Waals surface area contributed by atoms with Crippen molar-refractivity contribution >= 4 is 5.91 Å². The summed E-state index contributed by atoms with van der Waals surface area (Å²) in [5, 5.41) is 9.67. The highest BCUT2D eigenvalue weighted by Gasteiger charge is 2.24. The van der Waals surface area contributed by atoms with Gasteiger partial charge in [-0.2, -0.15) is 5.10 Å². The van der Waals surface area contributed by atoms with Crippen LogP contribution in [0.5, 0.6) is 0 Å². The van der Waals surface area contributed by atoms with Gasteiger partial charge in [0, 0.05) is 31.9 Å². The van der Waals surface area contributed by atoms with Crippen molar-refractivity contribution in [3.63, 3.8) is 0 Å². The third kappa shape index (κ3) is 1.63. The molecule has 1 fully saturated rings. The predicted octanol–water partition coefficient (Wildman–Crippen LogP) is -0.156. The van der Waals surface area contributed by atoms with E-state index in [0.29, 0.717) is 5.56 Å². The molecule has 1 aromatic rings. The summed E-state index contributed by atoms with van der Waals surface area (Å²) in [4.78, 5) is 13.8. The highest BCUT2D eigenvalue weighted by molar-refractivity contribution is 5.93. The van der Waals surface area contributed by atoms with Crippen LogP contribution in [0.15, 0.2) is 12.4 Å². The van der Waals surface area contributed by atoms with Gasteiger partial charge in [0.25, 0.3) is 5.91 Å². The van der Waals surface area contributed by atoms with Gasteiger partial charge in [-0.15, -0.1) is 0 Å². The van der Waals surface area contributed by atoms with E-state index in [9.17, 15) is 4.79 Å². The van der Waals surface area contributed by atoms with Crippen LogP contribution < -0.4 is 5.32 Å². The molecule has 14 heavy (non-hydrogen) atoms. The van der Waals surface area contributed by atoms with Crippen LogP contribution in [0.2, 0.25) is 0 Å². The van der Waals surface area contributed by atoms with Crippen LogP contribution in [-0.4, -0.2) is 46.7 Å². The first-order chi connectivity index (χ1) is 6.79. The van der Waals surface area contributed by atoms with E-state index in [1.165, 1.54) is 0 Å². The molecule has 0 saturated carbocycles. The minimum Gasteiger partial charge on any atom is -0.333 e. The van der Waals surface area contributed by atoms with Gasteiger partial charge >= 0.3 is 0 Å². The minimum absolute atomic E-state index is 0.0627. The van der Waals surface area contributed by atoms with Gasteiger partial charge in [0.2, 0.25) is 0 Å². The molecule has 1 saturated heterocycles. The van der Waals surface area contributed by atoms with E-state index < -0.39 is 0 Å². The Hall–Kier alpha value is -1.36. The molecule has 1 aliphatic heterocycles. The van der Waals surface area contributed by atoms with Gasteiger partial charge in [-0.05, 0) is 6.92 Å². The minimum atomic E-state index is 0.0627. The van der Waals surface area contributed by atoms with Crippen molar-refractivity contribution in [3.8, 4) is 0 Å². The van der Waals surface area contributed by atoms with Gasteiger partial charge in [0.1, 0.15) is 0 Å². The van der Waals surface area contributed by atoms with E-state index in [1.807, 2.05) is 11.8 Å². The summed E-state index contributed by atoms with van der Waals surface area (Å²) < 4.78 is 0. The number of nitrogens with zero attached hydrogens (tertiary/aromatic N) is 2. The molecule has 1 atom stereocenters. The highest BCUT2D eigenvalue weighted by atomic mass is 16.2. The van der Waals surface area contributed by atoms with Gasteiger partial charge in [0.15, 0.2) is 0 Å². The van der Waals surface area contributed by atoms with E-state index in [2.05, 4.69) is 15.5 Å². The van der Waals surface area contributed by atoms with E-state index in [1.54, 1.807) is 12.4 Å². The van der Waals surface area contributed by atoms with Gasteiger partial charge in [-0.3, -0.25) is 9.89 Å². The molecule has 0 aromatic carbocycles. The zero-order chi connectivity index (χ0) is 9.97. The molecule has 76 valence electrons. The lowest BCUT2D eigenvalue weighted by atomic mass is 10.2. The molecule has 0 spiro atoms. The number of aromatic amines is 1. The Labute approximate surface area is 82.5 Å². The molecule has 0 aliphatic carbocycles. The Morgan fingerprint density at radius 1 is 1.71 bits per heavy atom.